The van der Waals surface area contributed by atoms with E-state index in [1.165, 1.54) is 24.2 Å². The predicted molar refractivity (Wildman–Crippen MR) is 76.6 cm³/mol. The molecule has 0 aromatic carbocycles. The number of carbonyl (C=O) groups excluding carboxylic acids is 1. The minimum atomic E-state index is -0.334. The Bertz CT molecular complexity index is 734. The van der Waals surface area contributed by atoms with Gasteiger partial charge in [-0.05, 0) is 23.9 Å². The van der Waals surface area contributed by atoms with E-state index in [4.69, 9.17) is 0 Å². The number of aryl methyl sites for hydroxylation is 1. The van der Waals surface area contributed by atoms with Gasteiger partial charge in [0.2, 0.25) is 0 Å². The Labute approximate surface area is 118 Å². The molecule has 0 atom stereocenters. The van der Waals surface area contributed by atoms with Crippen molar-refractivity contribution in [1.82, 2.24) is 20.2 Å². The van der Waals surface area contributed by atoms with Crippen molar-refractivity contribution in [2.75, 3.05) is 5.32 Å². The highest BCUT2D eigenvalue weighted by atomic mass is 32.1. The molecule has 0 aliphatic heterocycles. The quantitative estimate of drug-likeness (QED) is 0.774. The van der Waals surface area contributed by atoms with E-state index in [1.54, 1.807) is 17.4 Å². The second-order valence-electron chi connectivity index (χ2n) is 4.14. The molecule has 0 saturated carbocycles. The third kappa shape index (κ3) is 2.43. The summed E-state index contributed by atoms with van der Waals surface area (Å²) in [5, 5.41) is 11.7. The summed E-state index contributed by atoms with van der Waals surface area (Å²) >= 11 is 1.62. The van der Waals surface area contributed by atoms with Crippen molar-refractivity contribution in [2.45, 2.75) is 6.92 Å². The summed E-state index contributed by atoms with van der Waals surface area (Å²) < 4.78 is 0. The SMILES string of the molecule is Cc1ccsc1-c1cc(NC(=O)c2cnccn2)n[nH]1. The van der Waals surface area contributed by atoms with Crippen molar-refractivity contribution in [3.8, 4) is 10.6 Å². The lowest BCUT2D eigenvalue weighted by molar-refractivity contribution is 0.102. The molecule has 2 N–H and O–H groups in total. The van der Waals surface area contributed by atoms with E-state index in [1.807, 2.05) is 18.4 Å². The molecule has 20 heavy (non-hydrogen) atoms. The van der Waals surface area contributed by atoms with Crippen molar-refractivity contribution >= 4 is 23.1 Å². The second kappa shape index (κ2) is 5.22. The summed E-state index contributed by atoms with van der Waals surface area (Å²) in [4.78, 5) is 20.8. The average Bonchev–Trinajstić information content (AvgIpc) is 3.08. The Morgan fingerprint density at radius 1 is 1.40 bits per heavy atom. The van der Waals surface area contributed by atoms with Gasteiger partial charge in [0.05, 0.1) is 16.8 Å². The van der Waals surface area contributed by atoms with Crippen LogP contribution in [-0.2, 0) is 0 Å². The normalized spacial score (nSPS) is 10.4. The minimum absolute atomic E-state index is 0.254. The first-order chi connectivity index (χ1) is 9.74. The fourth-order valence-electron chi connectivity index (χ4n) is 1.75. The van der Waals surface area contributed by atoms with Crippen molar-refractivity contribution in [1.29, 1.82) is 0 Å². The van der Waals surface area contributed by atoms with Crippen molar-refractivity contribution in [3.05, 3.63) is 47.4 Å². The summed E-state index contributed by atoms with van der Waals surface area (Å²) in [5.41, 5.74) is 2.31. The average molecular weight is 285 g/mol. The van der Waals surface area contributed by atoms with Gasteiger partial charge in [-0.2, -0.15) is 5.10 Å². The molecule has 1 amide bonds. The molecular formula is C13H11N5OS. The fraction of sp³-hybridized carbons (Fsp3) is 0.0769. The van der Waals surface area contributed by atoms with E-state index in [0.29, 0.717) is 5.82 Å². The van der Waals surface area contributed by atoms with Gasteiger partial charge in [0.25, 0.3) is 5.91 Å². The number of aromatic amines is 1. The number of rotatable bonds is 3. The molecule has 0 spiro atoms. The standard InChI is InChI=1S/C13H11N5OS/c1-8-2-5-20-12(8)9-6-11(18-17-9)16-13(19)10-7-14-3-4-15-10/h2-7H,1H3,(H2,16,17,18,19). The number of carbonyl (C=O) groups is 1. The molecule has 0 fully saturated rings. The molecule has 3 aromatic heterocycles. The molecule has 3 rings (SSSR count). The molecular weight excluding hydrogens is 274 g/mol. The topological polar surface area (TPSA) is 83.6 Å². The van der Waals surface area contributed by atoms with Crippen molar-refractivity contribution < 1.29 is 4.79 Å². The summed E-state index contributed by atoms with van der Waals surface area (Å²) in [6.45, 7) is 2.03. The summed E-state index contributed by atoms with van der Waals surface area (Å²) in [6.07, 6.45) is 4.40. The van der Waals surface area contributed by atoms with Gasteiger partial charge in [0, 0.05) is 18.5 Å². The van der Waals surface area contributed by atoms with E-state index in [9.17, 15) is 4.79 Å². The maximum Gasteiger partial charge on any atom is 0.277 e. The van der Waals surface area contributed by atoms with Gasteiger partial charge in [0.15, 0.2) is 5.82 Å². The second-order valence-corrected chi connectivity index (χ2v) is 5.06. The number of thiophene rings is 1. The first-order valence-corrected chi connectivity index (χ1v) is 6.79. The van der Waals surface area contributed by atoms with Crippen LogP contribution in [0.1, 0.15) is 16.1 Å². The first-order valence-electron chi connectivity index (χ1n) is 5.91. The van der Waals surface area contributed by atoms with Crippen LogP contribution in [0.2, 0.25) is 0 Å². The maximum absolute atomic E-state index is 11.9. The third-order valence-corrected chi connectivity index (χ3v) is 3.77. The van der Waals surface area contributed by atoms with Gasteiger partial charge >= 0.3 is 0 Å². The Morgan fingerprint density at radius 3 is 3.00 bits per heavy atom. The van der Waals surface area contributed by atoms with Crippen LogP contribution in [0.5, 0.6) is 0 Å². The van der Waals surface area contributed by atoms with Gasteiger partial charge in [-0.15, -0.1) is 11.3 Å². The predicted octanol–water partition coefficient (Wildman–Crippen LogP) is 2.49. The van der Waals surface area contributed by atoms with Crippen LogP contribution in [0.25, 0.3) is 10.6 Å². The molecule has 0 bridgehead atoms. The molecule has 6 nitrogen and oxygen atoms in total. The zero-order chi connectivity index (χ0) is 13.9. The van der Waals surface area contributed by atoms with Crippen LogP contribution in [0.15, 0.2) is 36.1 Å². The zero-order valence-electron chi connectivity index (χ0n) is 10.6. The van der Waals surface area contributed by atoms with Crippen LogP contribution >= 0.6 is 11.3 Å². The molecule has 0 aliphatic carbocycles. The smallest absolute Gasteiger partial charge is 0.277 e. The summed E-state index contributed by atoms with van der Waals surface area (Å²) in [7, 11) is 0. The highest BCUT2D eigenvalue weighted by Gasteiger charge is 2.11. The molecule has 0 unspecified atom stereocenters. The molecule has 3 aromatic rings. The zero-order valence-corrected chi connectivity index (χ0v) is 11.4. The van der Waals surface area contributed by atoms with Gasteiger partial charge in [-0.25, -0.2) is 4.98 Å². The van der Waals surface area contributed by atoms with Crippen LogP contribution in [0, 0.1) is 6.92 Å². The number of nitrogens with zero attached hydrogens (tertiary/aromatic N) is 3. The molecule has 0 radical (unpaired) electrons. The van der Waals surface area contributed by atoms with E-state index in [0.717, 1.165) is 10.6 Å². The van der Waals surface area contributed by atoms with E-state index < -0.39 is 0 Å². The third-order valence-electron chi connectivity index (χ3n) is 2.72. The number of anilines is 1. The van der Waals surface area contributed by atoms with Crippen LogP contribution in [0.4, 0.5) is 5.82 Å². The number of nitrogens with one attached hydrogen (secondary N) is 2. The number of hydrogen-bond donors (Lipinski definition) is 2. The summed E-state index contributed by atoms with van der Waals surface area (Å²) in [5.74, 6) is 0.127. The van der Waals surface area contributed by atoms with E-state index >= 15 is 0 Å². The van der Waals surface area contributed by atoms with Gasteiger partial charge < -0.3 is 5.32 Å². The van der Waals surface area contributed by atoms with Gasteiger partial charge in [-0.3, -0.25) is 14.9 Å². The molecule has 0 aliphatic rings. The fourth-order valence-corrected chi connectivity index (χ4v) is 2.64. The van der Waals surface area contributed by atoms with Crippen molar-refractivity contribution in [2.24, 2.45) is 0 Å². The Kier molecular flexibility index (Phi) is 3.26. The maximum atomic E-state index is 11.9. The monoisotopic (exact) mass is 285 g/mol. The molecule has 100 valence electrons. The van der Waals surface area contributed by atoms with Crippen LogP contribution in [-0.4, -0.2) is 26.1 Å². The molecule has 7 heteroatoms. The van der Waals surface area contributed by atoms with Crippen molar-refractivity contribution in [3.63, 3.8) is 0 Å². The Morgan fingerprint density at radius 2 is 2.30 bits per heavy atom. The molecule has 3 heterocycles. The highest BCUT2D eigenvalue weighted by Crippen LogP contribution is 2.28. The lowest BCUT2D eigenvalue weighted by atomic mass is 10.2. The Balaban J connectivity index is 1.78. The van der Waals surface area contributed by atoms with Gasteiger partial charge in [0.1, 0.15) is 5.69 Å². The van der Waals surface area contributed by atoms with Crippen LogP contribution < -0.4 is 5.32 Å². The number of aromatic nitrogens is 4. The van der Waals surface area contributed by atoms with Gasteiger partial charge in [-0.1, -0.05) is 0 Å². The number of hydrogen-bond acceptors (Lipinski definition) is 5. The number of amides is 1. The number of H-pyrrole nitrogens is 1. The highest BCUT2D eigenvalue weighted by molar-refractivity contribution is 7.13. The van der Waals surface area contributed by atoms with Crippen LogP contribution in [0.3, 0.4) is 0 Å². The molecule has 0 saturated heterocycles. The largest absolute Gasteiger partial charge is 0.304 e. The summed E-state index contributed by atoms with van der Waals surface area (Å²) in [6, 6.07) is 3.84. The van der Waals surface area contributed by atoms with E-state index in [2.05, 4.69) is 25.5 Å². The Hall–Kier alpha value is -2.54. The lowest BCUT2D eigenvalue weighted by Crippen LogP contribution is -2.13. The minimum Gasteiger partial charge on any atom is -0.304 e. The first kappa shape index (κ1) is 12.5. The van der Waals surface area contributed by atoms with E-state index in [-0.39, 0.29) is 11.6 Å². The lowest BCUT2D eigenvalue weighted by Gasteiger charge is -1.99.